The molecule has 1 aliphatic rings. The predicted molar refractivity (Wildman–Crippen MR) is 173 cm³/mol. The molecule has 214 valence electrons. The van der Waals surface area contributed by atoms with Crippen LogP contribution < -0.4 is 21.7 Å². The summed E-state index contributed by atoms with van der Waals surface area (Å²) in [7, 11) is 0. The maximum Gasteiger partial charge on any atom is 0.293 e. The lowest BCUT2D eigenvalue weighted by atomic mass is 9.90. The van der Waals surface area contributed by atoms with Gasteiger partial charge in [-0.05, 0) is 55.2 Å². The normalized spacial score (nSPS) is 16.3. The molecule has 1 aromatic heterocycles. The lowest BCUT2D eigenvalue weighted by Gasteiger charge is -2.33. The Morgan fingerprint density at radius 2 is 1.56 bits per heavy atom. The number of nitrogens with two attached hydrogens (primary N) is 1. The molecule has 1 aliphatic carbocycles. The van der Waals surface area contributed by atoms with E-state index in [4.69, 9.17) is 11.1 Å². The minimum atomic E-state index is -0.379. The molecule has 0 aliphatic heterocycles. The molecule has 0 radical (unpaired) electrons. The van der Waals surface area contributed by atoms with Crippen molar-refractivity contribution in [2.45, 2.75) is 44.7 Å². The summed E-state index contributed by atoms with van der Waals surface area (Å²) in [5.74, 6) is 0.278. The molecule has 1 amide bonds. The molecule has 1 fully saturated rings. The molecule has 0 spiro atoms. The number of amides is 1. The van der Waals surface area contributed by atoms with Gasteiger partial charge in [0.05, 0.1) is 5.52 Å². The molecule has 3 aromatic carbocycles. The van der Waals surface area contributed by atoms with Gasteiger partial charge in [-0.2, -0.15) is 0 Å². The average Bonchev–Trinajstić information content (AvgIpc) is 2.94. The van der Waals surface area contributed by atoms with Crippen LogP contribution in [0.15, 0.2) is 72.8 Å². The van der Waals surface area contributed by atoms with Crippen LogP contribution in [0.4, 0.5) is 11.5 Å². The molecule has 10 heteroatoms. The van der Waals surface area contributed by atoms with Crippen molar-refractivity contribution < 1.29 is 4.79 Å². The van der Waals surface area contributed by atoms with Gasteiger partial charge in [-0.25, -0.2) is 9.97 Å². The molecular formula is C31H35Cl2N7O. The van der Waals surface area contributed by atoms with Crippen molar-refractivity contribution in [2.75, 3.05) is 10.6 Å². The molecule has 0 unspecified atom stereocenters. The number of aryl methyl sites for hydroxylation is 1. The third-order valence-electron chi connectivity index (χ3n) is 6.92. The standard InChI is InChI=1S/C31H33N7O.2ClH/c1-20-11-18-25-24(19-20)28(36-26-9-5-6-10-27(26)37-31(32)33)38-29(35-25)30(39)34-23-16-14-22(15-17-23)13-12-21-7-3-2-4-8-21;;/h2-4,7-8,11-19,26-27H,5-6,9-10H2,1H3,(H,34,39)(H4,32,33,37)(H,35,36,38);2*1H/b13-12+;;/t26-,27+;;/m0../s1. The maximum absolute atomic E-state index is 13.2. The zero-order valence-corrected chi connectivity index (χ0v) is 24.4. The first kappa shape index (κ1) is 31.4. The smallest absolute Gasteiger partial charge is 0.293 e. The molecule has 41 heavy (non-hydrogen) atoms. The molecule has 4 aromatic rings. The van der Waals surface area contributed by atoms with Crippen molar-refractivity contribution in [1.82, 2.24) is 15.3 Å². The largest absolute Gasteiger partial charge is 0.370 e. The highest BCUT2D eigenvalue weighted by molar-refractivity contribution is 6.04. The molecule has 2 atom stereocenters. The van der Waals surface area contributed by atoms with Gasteiger partial charge in [0.1, 0.15) is 5.82 Å². The van der Waals surface area contributed by atoms with Crippen molar-refractivity contribution in [2.24, 2.45) is 5.73 Å². The SMILES string of the molecule is Cc1ccc2nc(C(=O)Nc3ccc(/C=C/c4ccccc4)cc3)nc(N[C@H]3CCCC[C@H]3NC(=N)N)c2c1.Cl.Cl. The first-order chi connectivity index (χ1) is 18.9. The van der Waals surface area contributed by atoms with Crippen LogP contribution in [0.1, 0.15) is 53.0 Å². The van der Waals surface area contributed by atoms with Crippen LogP contribution >= 0.6 is 24.8 Å². The predicted octanol–water partition coefficient (Wildman–Crippen LogP) is 6.41. The number of aromatic nitrogens is 2. The van der Waals surface area contributed by atoms with Crippen LogP contribution in [-0.4, -0.2) is 33.9 Å². The van der Waals surface area contributed by atoms with E-state index in [0.717, 1.165) is 47.8 Å². The Balaban J connectivity index is 0.00000231. The van der Waals surface area contributed by atoms with Gasteiger partial charge in [0.15, 0.2) is 5.96 Å². The number of rotatable bonds is 7. The number of carbonyl (C=O) groups is 1. The summed E-state index contributed by atoms with van der Waals surface area (Å²) in [6.07, 6.45) is 8.04. The molecular weight excluding hydrogens is 557 g/mol. The van der Waals surface area contributed by atoms with E-state index in [0.29, 0.717) is 17.0 Å². The van der Waals surface area contributed by atoms with Gasteiger partial charge in [-0.15, -0.1) is 24.8 Å². The fourth-order valence-electron chi connectivity index (χ4n) is 4.93. The van der Waals surface area contributed by atoms with E-state index in [1.165, 1.54) is 0 Å². The number of carbonyl (C=O) groups excluding carboxylic acids is 1. The van der Waals surface area contributed by atoms with Gasteiger partial charge in [0.2, 0.25) is 5.82 Å². The molecule has 1 saturated carbocycles. The fraction of sp³-hybridized carbons (Fsp3) is 0.226. The van der Waals surface area contributed by atoms with E-state index in [1.54, 1.807) is 0 Å². The number of nitrogens with zero attached hydrogens (tertiary/aromatic N) is 2. The first-order valence-electron chi connectivity index (χ1n) is 13.2. The minimum Gasteiger partial charge on any atom is -0.370 e. The second kappa shape index (κ2) is 14.5. The molecule has 0 saturated heterocycles. The second-order valence-electron chi connectivity index (χ2n) is 9.94. The van der Waals surface area contributed by atoms with Gasteiger partial charge in [0, 0.05) is 23.2 Å². The summed E-state index contributed by atoms with van der Waals surface area (Å²) in [6.45, 7) is 2.02. The molecule has 6 N–H and O–H groups in total. The van der Waals surface area contributed by atoms with E-state index in [2.05, 4.69) is 32.0 Å². The molecule has 0 bridgehead atoms. The van der Waals surface area contributed by atoms with Gasteiger partial charge < -0.3 is 21.7 Å². The van der Waals surface area contributed by atoms with Gasteiger partial charge in [-0.1, -0.05) is 79.1 Å². The lowest BCUT2D eigenvalue weighted by molar-refractivity contribution is 0.101. The second-order valence-corrected chi connectivity index (χ2v) is 9.94. The number of anilines is 2. The van der Waals surface area contributed by atoms with Crippen LogP contribution in [0.5, 0.6) is 0 Å². The third-order valence-corrected chi connectivity index (χ3v) is 6.92. The summed E-state index contributed by atoms with van der Waals surface area (Å²) >= 11 is 0. The van der Waals surface area contributed by atoms with Crippen LogP contribution in [-0.2, 0) is 0 Å². The third kappa shape index (κ3) is 8.19. The Morgan fingerprint density at radius 3 is 2.24 bits per heavy atom. The molecule has 1 heterocycles. The average molecular weight is 593 g/mol. The Bertz CT molecular complexity index is 1510. The fourth-order valence-corrected chi connectivity index (χ4v) is 4.93. The van der Waals surface area contributed by atoms with Crippen molar-refractivity contribution in [1.29, 1.82) is 5.41 Å². The van der Waals surface area contributed by atoms with Gasteiger partial charge in [0.25, 0.3) is 5.91 Å². The van der Waals surface area contributed by atoms with Crippen LogP contribution in [0.25, 0.3) is 23.1 Å². The number of hydrogen-bond donors (Lipinski definition) is 5. The van der Waals surface area contributed by atoms with Crippen LogP contribution in [0, 0.1) is 12.3 Å². The monoisotopic (exact) mass is 591 g/mol. The van der Waals surface area contributed by atoms with Gasteiger partial charge >= 0.3 is 0 Å². The quantitative estimate of drug-likeness (QED) is 0.0959. The Morgan fingerprint density at radius 1 is 0.902 bits per heavy atom. The van der Waals surface area contributed by atoms with Gasteiger partial charge in [-0.3, -0.25) is 10.2 Å². The van der Waals surface area contributed by atoms with Crippen molar-refractivity contribution in [3.05, 3.63) is 95.3 Å². The Labute approximate surface area is 252 Å². The number of guanidine groups is 1. The van der Waals surface area contributed by atoms with E-state index in [9.17, 15) is 4.79 Å². The zero-order valence-electron chi connectivity index (χ0n) is 22.8. The number of nitrogens with one attached hydrogen (secondary N) is 4. The Kier molecular flexibility index (Phi) is 11.1. The summed E-state index contributed by atoms with van der Waals surface area (Å²) in [4.78, 5) is 22.5. The number of hydrogen-bond acceptors (Lipinski definition) is 5. The van der Waals surface area contributed by atoms with E-state index in [1.807, 2.05) is 85.8 Å². The number of halogens is 2. The zero-order chi connectivity index (χ0) is 27.2. The van der Waals surface area contributed by atoms with Crippen molar-refractivity contribution in [3.8, 4) is 0 Å². The van der Waals surface area contributed by atoms with Crippen LogP contribution in [0.3, 0.4) is 0 Å². The summed E-state index contributed by atoms with van der Waals surface area (Å²) in [5.41, 5.74) is 10.2. The van der Waals surface area contributed by atoms with Crippen molar-refractivity contribution >= 4 is 71.2 Å². The number of fused-ring (bicyclic) bond motifs is 1. The molecule has 5 rings (SSSR count). The molecule has 8 nitrogen and oxygen atoms in total. The maximum atomic E-state index is 13.2. The minimum absolute atomic E-state index is 0. The number of benzene rings is 3. The first-order valence-corrected chi connectivity index (χ1v) is 13.2. The highest BCUT2D eigenvalue weighted by Gasteiger charge is 2.27. The van der Waals surface area contributed by atoms with E-state index >= 15 is 0 Å². The van der Waals surface area contributed by atoms with Crippen LogP contribution in [0.2, 0.25) is 0 Å². The Hall–Kier alpha value is -4.14. The highest BCUT2D eigenvalue weighted by Crippen LogP contribution is 2.27. The summed E-state index contributed by atoms with van der Waals surface area (Å²) in [5, 5.41) is 18.1. The topological polar surface area (TPSA) is 129 Å². The van der Waals surface area contributed by atoms with Crippen molar-refractivity contribution in [3.63, 3.8) is 0 Å². The summed E-state index contributed by atoms with van der Waals surface area (Å²) in [6, 6.07) is 23.7. The van der Waals surface area contributed by atoms with E-state index < -0.39 is 0 Å². The highest BCUT2D eigenvalue weighted by atomic mass is 35.5. The van der Waals surface area contributed by atoms with E-state index in [-0.39, 0.29) is 54.6 Å². The lowest BCUT2D eigenvalue weighted by Crippen LogP contribution is -2.50. The summed E-state index contributed by atoms with van der Waals surface area (Å²) < 4.78 is 0.